The maximum absolute atomic E-state index is 14.2. The number of carbonyl (C=O) groups excluding carboxylic acids is 3. The van der Waals surface area contributed by atoms with Crippen LogP contribution < -0.4 is 14.4 Å². The van der Waals surface area contributed by atoms with E-state index in [1.54, 1.807) is 33.6 Å². The molecular weight excluding hydrogens is 638 g/mol. The monoisotopic (exact) mass is 673 g/mol. The van der Waals surface area contributed by atoms with E-state index in [1.165, 1.54) is 18.7 Å². The fraction of sp³-hybridized carbons (Fsp3) is 0.314. The highest BCUT2D eigenvalue weighted by atomic mass is 35.5. The molecule has 6 rings (SSSR count). The minimum absolute atomic E-state index is 0.0165. The first-order valence-electron chi connectivity index (χ1n) is 15.3. The molecule has 3 amide bonds. The maximum atomic E-state index is 14.2. The number of amides is 3. The quantitative estimate of drug-likeness (QED) is 0.260. The molecule has 47 heavy (non-hydrogen) atoms. The van der Waals surface area contributed by atoms with Gasteiger partial charge in [-0.05, 0) is 49.4 Å². The lowest BCUT2D eigenvalue weighted by Crippen LogP contribution is -2.53. The number of rotatable bonds is 7. The average molecular weight is 674 g/mol. The molecule has 3 heterocycles. The van der Waals surface area contributed by atoms with Gasteiger partial charge >= 0.3 is 0 Å². The van der Waals surface area contributed by atoms with Gasteiger partial charge < -0.3 is 19.3 Å². The Morgan fingerprint density at radius 2 is 1.62 bits per heavy atom. The molecule has 1 atom stereocenters. The molecule has 0 bridgehead atoms. The second-order valence-corrected chi connectivity index (χ2v) is 13.0. The Morgan fingerprint density at radius 3 is 2.26 bits per heavy atom. The van der Waals surface area contributed by atoms with Gasteiger partial charge in [-0.15, -0.1) is 11.8 Å². The number of aryl methyl sites for hydroxylation is 1. The smallest absolute Gasteiger partial charge is 0.242 e. The van der Waals surface area contributed by atoms with Crippen molar-refractivity contribution in [2.45, 2.75) is 19.1 Å². The number of thioether (sulfide) groups is 1. The first-order valence-corrected chi connectivity index (χ1v) is 16.7. The SMILES string of the molecule is COc1ccc(OC)c(C2SCC(=O)N(CC(=O)N3CCN(C(C)=O)CC3)c3c2c(-c2ccc(Cl)cc2)nn3-c2ccc(C)cc2)c1. The molecular formula is C35H36ClN5O5S. The van der Waals surface area contributed by atoms with Gasteiger partial charge in [-0.3, -0.25) is 19.3 Å². The fourth-order valence-electron chi connectivity index (χ4n) is 6.00. The summed E-state index contributed by atoms with van der Waals surface area (Å²) in [5.74, 6) is 1.48. The molecule has 0 aliphatic carbocycles. The summed E-state index contributed by atoms with van der Waals surface area (Å²) < 4.78 is 13.2. The van der Waals surface area contributed by atoms with Gasteiger partial charge in [0.05, 0.1) is 36.6 Å². The summed E-state index contributed by atoms with van der Waals surface area (Å²) >= 11 is 7.76. The summed E-state index contributed by atoms with van der Waals surface area (Å²) in [6.45, 7) is 5.08. The van der Waals surface area contributed by atoms with Crippen molar-refractivity contribution in [3.05, 3.63) is 88.4 Å². The van der Waals surface area contributed by atoms with Crippen molar-refractivity contribution in [1.29, 1.82) is 0 Å². The maximum Gasteiger partial charge on any atom is 0.242 e. The van der Waals surface area contributed by atoms with Gasteiger partial charge in [-0.1, -0.05) is 41.4 Å². The largest absolute Gasteiger partial charge is 0.497 e. The van der Waals surface area contributed by atoms with Crippen molar-refractivity contribution >= 4 is 46.9 Å². The van der Waals surface area contributed by atoms with E-state index in [0.717, 1.165) is 27.9 Å². The summed E-state index contributed by atoms with van der Waals surface area (Å²) in [4.78, 5) is 45.0. The number of fused-ring (bicyclic) bond motifs is 1. The molecule has 2 aliphatic heterocycles. The predicted molar refractivity (Wildman–Crippen MR) is 184 cm³/mol. The number of ether oxygens (including phenoxy) is 2. The van der Waals surface area contributed by atoms with Gasteiger partial charge in [0.1, 0.15) is 23.9 Å². The van der Waals surface area contributed by atoms with E-state index in [4.69, 9.17) is 26.2 Å². The number of carbonyl (C=O) groups is 3. The van der Waals surface area contributed by atoms with Gasteiger partial charge in [-0.2, -0.15) is 5.10 Å². The van der Waals surface area contributed by atoms with Gasteiger partial charge in [0.2, 0.25) is 17.7 Å². The second kappa shape index (κ2) is 13.7. The first-order chi connectivity index (χ1) is 22.7. The molecule has 0 saturated carbocycles. The highest BCUT2D eigenvalue weighted by Gasteiger charge is 2.39. The van der Waals surface area contributed by atoms with E-state index in [9.17, 15) is 14.4 Å². The first kappa shape index (κ1) is 32.5. The summed E-state index contributed by atoms with van der Waals surface area (Å²) in [7, 11) is 3.23. The van der Waals surface area contributed by atoms with Crippen LogP contribution in [-0.4, -0.2) is 90.0 Å². The Balaban J connectivity index is 1.56. The van der Waals surface area contributed by atoms with Crippen LogP contribution in [0, 0.1) is 6.92 Å². The van der Waals surface area contributed by atoms with Crippen molar-refractivity contribution in [3.63, 3.8) is 0 Å². The van der Waals surface area contributed by atoms with Crippen LogP contribution >= 0.6 is 23.4 Å². The van der Waals surface area contributed by atoms with E-state index < -0.39 is 5.25 Å². The summed E-state index contributed by atoms with van der Waals surface area (Å²) in [5, 5.41) is 5.34. The molecule has 0 spiro atoms. The number of piperazine rings is 1. The van der Waals surface area contributed by atoms with Crippen LogP contribution in [0.5, 0.6) is 11.5 Å². The molecule has 3 aromatic carbocycles. The Morgan fingerprint density at radius 1 is 0.936 bits per heavy atom. The molecule has 1 fully saturated rings. The van der Waals surface area contributed by atoms with Gasteiger partial charge in [0.25, 0.3) is 0 Å². The van der Waals surface area contributed by atoms with Crippen LogP contribution in [0.15, 0.2) is 66.7 Å². The highest BCUT2D eigenvalue weighted by Crippen LogP contribution is 2.51. The van der Waals surface area contributed by atoms with Crippen LogP contribution in [0.1, 0.15) is 28.9 Å². The van der Waals surface area contributed by atoms with Gasteiger partial charge in [0.15, 0.2) is 0 Å². The number of anilines is 1. The molecule has 2 aliphatic rings. The number of hydrogen-bond donors (Lipinski definition) is 0. The lowest BCUT2D eigenvalue weighted by Gasteiger charge is -2.35. The number of hydrogen-bond acceptors (Lipinski definition) is 7. The molecule has 1 unspecified atom stereocenters. The molecule has 1 aromatic heterocycles. The van der Waals surface area contributed by atoms with Gasteiger partial charge in [0, 0.05) is 54.8 Å². The van der Waals surface area contributed by atoms with Gasteiger partial charge in [-0.25, -0.2) is 4.68 Å². The normalized spacial score (nSPS) is 16.5. The number of nitrogens with zero attached hydrogens (tertiary/aromatic N) is 5. The Kier molecular flexibility index (Phi) is 9.47. The number of aromatic nitrogens is 2. The summed E-state index contributed by atoms with van der Waals surface area (Å²) in [5.41, 5.74) is 4.87. The van der Waals surface area contributed by atoms with E-state index in [2.05, 4.69) is 0 Å². The summed E-state index contributed by atoms with van der Waals surface area (Å²) in [6, 6.07) is 21.0. The third-order valence-corrected chi connectivity index (χ3v) is 10.1. The van der Waals surface area contributed by atoms with Crippen LogP contribution in [0.3, 0.4) is 0 Å². The van der Waals surface area contributed by atoms with E-state index in [-0.39, 0.29) is 30.0 Å². The topological polar surface area (TPSA) is 97.2 Å². The minimum Gasteiger partial charge on any atom is -0.497 e. The van der Waals surface area contributed by atoms with Crippen LogP contribution in [-0.2, 0) is 14.4 Å². The molecule has 10 nitrogen and oxygen atoms in total. The third-order valence-electron chi connectivity index (χ3n) is 8.58. The highest BCUT2D eigenvalue weighted by molar-refractivity contribution is 8.00. The van der Waals surface area contributed by atoms with Crippen molar-refractivity contribution < 1.29 is 23.9 Å². The zero-order valence-electron chi connectivity index (χ0n) is 26.7. The lowest BCUT2D eigenvalue weighted by atomic mass is 9.98. The standard InChI is InChI=1S/C35H36ClN5O5S/c1-22-5-11-26(12-6-22)41-35-32(33(37-41)24-7-9-25(36)10-8-24)34(28-19-27(45-3)13-14-29(28)46-4)47-21-31(44)40(35)20-30(43)39-17-15-38(16-18-39)23(2)42/h5-14,19,34H,15-18,20-21H2,1-4H3. The van der Waals surface area contributed by atoms with Crippen molar-refractivity contribution in [2.75, 3.05) is 57.6 Å². The summed E-state index contributed by atoms with van der Waals surface area (Å²) in [6.07, 6.45) is 0. The van der Waals surface area contributed by atoms with E-state index >= 15 is 0 Å². The average Bonchev–Trinajstić information content (AvgIpc) is 3.41. The van der Waals surface area contributed by atoms with Crippen molar-refractivity contribution in [3.8, 4) is 28.4 Å². The zero-order chi connectivity index (χ0) is 33.2. The number of methoxy groups -OCH3 is 2. The number of halogens is 1. The van der Waals surface area contributed by atoms with Crippen LogP contribution in [0.4, 0.5) is 5.82 Å². The third kappa shape index (κ3) is 6.55. The molecule has 0 N–H and O–H groups in total. The van der Waals surface area contributed by atoms with Crippen LogP contribution in [0.25, 0.3) is 16.9 Å². The Hall–Kier alpha value is -4.48. The van der Waals surface area contributed by atoms with Crippen molar-refractivity contribution in [1.82, 2.24) is 19.6 Å². The van der Waals surface area contributed by atoms with Crippen LogP contribution in [0.2, 0.25) is 5.02 Å². The Labute approximate surface area is 283 Å². The lowest BCUT2D eigenvalue weighted by molar-refractivity contribution is -0.137. The van der Waals surface area contributed by atoms with Crippen molar-refractivity contribution in [2.24, 2.45) is 0 Å². The van der Waals surface area contributed by atoms with E-state index in [1.807, 2.05) is 73.7 Å². The molecule has 0 radical (unpaired) electrons. The molecule has 244 valence electrons. The minimum atomic E-state index is -0.414. The molecule has 12 heteroatoms. The fourth-order valence-corrected chi connectivity index (χ4v) is 7.34. The predicted octanol–water partition coefficient (Wildman–Crippen LogP) is 5.38. The zero-order valence-corrected chi connectivity index (χ0v) is 28.3. The molecule has 1 saturated heterocycles. The Bertz CT molecular complexity index is 1800. The molecule has 4 aromatic rings. The second-order valence-electron chi connectivity index (χ2n) is 11.5. The van der Waals surface area contributed by atoms with E-state index in [0.29, 0.717) is 54.2 Å². The number of benzene rings is 3.